The second kappa shape index (κ2) is 4.06. The minimum Gasteiger partial charge on any atom is -0.223 e. The van der Waals surface area contributed by atoms with Crippen molar-refractivity contribution in [1.29, 1.82) is 0 Å². The molecule has 0 amide bonds. The van der Waals surface area contributed by atoms with Gasteiger partial charge in [0.2, 0.25) is 0 Å². The molecule has 0 fully saturated rings. The van der Waals surface area contributed by atoms with Gasteiger partial charge in [-0.1, -0.05) is 30.4 Å². The third-order valence-corrected chi connectivity index (χ3v) is 5.64. The molecule has 0 aliphatic heterocycles. The van der Waals surface area contributed by atoms with Gasteiger partial charge in [-0.3, -0.25) is 0 Å². The molecule has 0 N–H and O–H groups in total. The van der Waals surface area contributed by atoms with Gasteiger partial charge in [0.15, 0.2) is 9.84 Å². The van der Waals surface area contributed by atoms with Crippen LogP contribution in [0.4, 0.5) is 0 Å². The van der Waals surface area contributed by atoms with E-state index in [0.717, 1.165) is 12.8 Å². The molecular weight excluding hydrogens is 220 g/mol. The molecule has 1 aromatic carbocycles. The number of hydrogen-bond acceptors (Lipinski definition) is 2. The number of benzene rings is 1. The minimum absolute atomic E-state index is 0.420. The third-order valence-electron chi connectivity index (χ3n) is 3.18. The summed E-state index contributed by atoms with van der Waals surface area (Å²) >= 11 is 0. The standard InChI is InChI=1S/C13H16O2S/c1-13(10-6-3-7-11-13)16(14,15)12-8-4-2-5-9-12/h2,4-6,8-10H,3,7,11H2,1H3. The molecule has 1 aliphatic rings. The van der Waals surface area contributed by atoms with E-state index in [1.165, 1.54) is 0 Å². The molecule has 0 spiro atoms. The van der Waals surface area contributed by atoms with Gasteiger partial charge in [0.05, 0.1) is 9.64 Å². The first kappa shape index (κ1) is 11.4. The summed E-state index contributed by atoms with van der Waals surface area (Å²) in [7, 11) is -3.25. The molecular formula is C13H16O2S. The summed E-state index contributed by atoms with van der Waals surface area (Å²) in [6.45, 7) is 1.81. The van der Waals surface area contributed by atoms with Crippen LogP contribution in [0.1, 0.15) is 26.2 Å². The first-order chi connectivity index (χ1) is 7.56. The van der Waals surface area contributed by atoms with Crippen molar-refractivity contribution < 1.29 is 8.42 Å². The third kappa shape index (κ3) is 1.80. The van der Waals surface area contributed by atoms with Crippen LogP contribution in [0.25, 0.3) is 0 Å². The lowest BCUT2D eigenvalue weighted by Crippen LogP contribution is -2.34. The summed E-state index contributed by atoms with van der Waals surface area (Å²) in [4.78, 5) is 0.420. The molecule has 86 valence electrons. The average Bonchev–Trinajstić information content (AvgIpc) is 2.31. The second-order valence-electron chi connectivity index (χ2n) is 4.42. The molecule has 3 heteroatoms. The zero-order chi connectivity index (χ0) is 11.6. The Kier molecular flexibility index (Phi) is 2.89. The fourth-order valence-electron chi connectivity index (χ4n) is 2.08. The predicted octanol–water partition coefficient (Wildman–Crippen LogP) is 2.96. The van der Waals surface area contributed by atoms with Crippen LogP contribution in [0.15, 0.2) is 47.4 Å². The highest BCUT2D eigenvalue weighted by Gasteiger charge is 2.38. The number of rotatable bonds is 2. The first-order valence-corrected chi connectivity index (χ1v) is 7.02. The number of allylic oxidation sites excluding steroid dienone is 1. The van der Waals surface area contributed by atoms with E-state index in [4.69, 9.17) is 0 Å². The van der Waals surface area contributed by atoms with Gasteiger partial charge in [-0.15, -0.1) is 0 Å². The van der Waals surface area contributed by atoms with Crippen LogP contribution in [-0.4, -0.2) is 13.2 Å². The van der Waals surface area contributed by atoms with Gasteiger partial charge >= 0.3 is 0 Å². The molecule has 1 aliphatic carbocycles. The second-order valence-corrected chi connectivity index (χ2v) is 6.83. The van der Waals surface area contributed by atoms with Gasteiger partial charge in [-0.05, 0) is 38.3 Å². The molecule has 0 saturated carbocycles. The molecule has 1 unspecified atom stereocenters. The van der Waals surface area contributed by atoms with E-state index in [2.05, 4.69) is 0 Å². The lowest BCUT2D eigenvalue weighted by molar-refractivity contribution is 0.531. The van der Waals surface area contributed by atoms with Crippen LogP contribution in [0.3, 0.4) is 0 Å². The summed E-state index contributed by atoms with van der Waals surface area (Å²) in [6, 6.07) is 8.70. The zero-order valence-electron chi connectivity index (χ0n) is 9.39. The zero-order valence-corrected chi connectivity index (χ0v) is 10.2. The Hall–Kier alpha value is -1.09. The highest BCUT2D eigenvalue weighted by atomic mass is 32.2. The SMILES string of the molecule is CC1(S(=O)(=O)c2ccccc2)C=CCCC1. The average molecular weight is 236 g/mol. The lowest BCUT2D eigenvalue weighted by Gasteiger charge is -2.28. The maximum Gasteiger partial charge on any atom is 0.187 e. The molecule has 16 heavy (non-hydrogen) atoms. The van der Waals surface area contributed by atoms with Gasteiger partial charge in [-0.2, -0.15) is 0 Å². The van der Waals surface area contributed by atoms with Crippen molar-refractivity contribution in [3.05, 3.63) is 42.5 Å². The summed E-state index contributed by atoms with van der Waals surface area (Å²) in [5, 5.41) is 0. The first-order valence-electron chi connectivity index (χ1n) is 5.54. The fraction of sp³-hybridized carbons (Fsp3) is 0.385. The van der Waals surface area contributed by atoms with Crippen molar-refractivity contribution in [2.24, 2.45) is 0 Å². The topological polar surface area (TPSA) is 34.1 Å². The van der Waals surface area contributed by atoms with Crippen molar-refractivity contribution in [3.8, 4) is 0 Å². The van der Waals surface area contributed by atoms with E-state index in [9.17, 15) is 8.42 Å². The molecule has 1 aromatic rings. The van der Waals surface area contributed by atoms with E-state index in [-0.39, 0.29) is 0 Å². The Morgan fingerprint density at radius 1 is 1.19 bits per heavy atom. The molecule has 2 rings (SSSR count). The molecule has 0 radical (unpaired) electrons. The van der Waals surface area contributed by atoms with Crippen molar-refractivity contribution in [1.82, 2.24) is 0 Å². The summed E-state index contributed by atoms with van der Waals surface area (Å²) in [6.07, 6.45) is 6.46. The van der Waals surface area contributed by atoms with Crippen LogP contribution in [-0.2, 0) is 9.84 Å². The van der Waals surface area contributed by atoms with Crippen LogP contribution >= 0.6 is 0 Å². The van der Waals surface area contributed by atoms with E-state index >= 15 is 0 Å². The quantitative estimate of drug-likeness (QED) is 0.740. The molecule has 0 aromatic heterocycles. The van der Waals surface area contributed by atoms with Gasteiger partial charge < -0.3 is 0 Å². The Labute approximate surface area is 96.9 Å². The number of hydrogen-bond donors (Lipinski definition) is 0. The summed E-state index contributed by atoms with van der Waals surface area (Å²) in [5.41, 5.74) is 0. The van der Waals surface area contributed by atoms with Crippen molar-refractivity contribution in [2.75, 3.05) is 0 Å². The maximum atomic E-state index is 12.5. The van der Waals surface area contributed by atoms with Crippen molar-refractivity contribution >= 4 is 9.84 Å². The smallest absolute Gasteiger partial charge is 0.187 e. The van der Waals surface area contributed by atoms with E-state index < -0.39 is 14.6 Å². The normalized spacial score (nSPS) is 25.6. The van der Waals surface area contributed by atoms with Gasteiger partial charge in [-0.25, -0.2) is 8.42 Å². The van der Waals surface area contributed by atoms with Crippen LogP contribution in [0, 0.1) is 0 Å². The van der Waals surface area contributed by atoms with Gasteiger partial charge in [0.25, 0.3) is 0 Å². The van der Waals surface area contributed by atoms with Crippen LogP contribution in [0.5, 0.6) is 0 Å². The minimum atomic E-state index is -3.25. The highest BCUT2D eigenvalue weighted by molar-refractivity contribution is 7.93. The Morgan fingerprint density at radius 3 is 2.44 bits per heavy atom. The van der Waals surface area contributed by atoms with E-state index in [1.807, 2.05) is 25.1 Å². The number of sulfone groups is 1. The summed E-state index contributed by atoms with van der Waals surface area (Å²) in [5.74, 6) is 0. The van der Waals surface area contributed by atoms with E-state index in [1.54, 1.807) is 24.3 Å². The Bertz CT molecular complexity index is 488. The maximum absolute atomic E-state index is 12.5. The molecule has 2 nitrogen and oxygen atoms in total. The van der Waals surface area contributed by atoms with Crippen molar-refractivity contribution in [3.63, 3.8) is 0 Å². The largest absolute Gasteiger partial charge is 0.223 e. The Morgan fingerprint density at radius 2 is 1.88 bits per heavy atom. The lowest BCUT2D eigenvalue weighted by atomic mass is 9.97. The predicted molar refractivity (Wildman–Crippen MR) is 65.0 cm³/mol. The van der Waals surface area contributed by atoms with E-state index in [0.29, 0.717) is 11.3 Å². The highest BCUT2D eigenvalue weighted by Crippen LogP contribution is 2.34. The van der Waals surface area contributed by atoms with Crippen LogP contribution < -0.4 is 0 Å². The van der Waals surface area contributed by atoms with Crippen molar-refractivity contribution in [2.45, 2.75) is 35.8 Å². The summed E-state index contributed by atoms with van der Waals surface area (Å²) < 4.78 is 24.2. The van der Waals surface area contributed by atoms with Gasteiger partial charge in [0.1, 0.15) is 0 Å². The Balaban J connectivity index is 2.47. The monoisotopic (exact) mass is 236 g/mol. The molecule has 0 bridgehead atoms. The fourth-order valence-corrected chi connectivity index (χ4v) is 3.82. The molecule has 0 saturated heterocycles. The van der Waals surface area contributed by atoms with Crippen LogP contribution in [0.2, 0.25) is 0 Å². The molecule has 1 atom stereocenters. The van der Waals surface area contributed by atoms with Gasteiger partial charge in [0, 0.05) is 0 Å². The molecule has 0 heterocycles.